The molecule has 4 aromatic rings. The van der Waals surface area contributed by atoms with Gasteiger partial charge >= 0.3 is 6.18 Å². The molecule has 1 atom stereocenters. The van der Waals surface area contributed by atoms with Crippen LogP contribution < -0.4 is 5.01 Å². The molecule has 3 aromatic carbocycles. The average Bonchev–Trinajstić information content (AvgIpc) is 3.39. The van der Waals surface area contributed by atoms with Gasteiger partial charge in [0.2, 0.25) is 5.13 Å². The molecule has 0 saturated heterocycles. The Kier molecular flexibility index (Phi) is 5.07. The number of benzene rings is 3. The molecule has 0 amide bonds. The molecule has 1 N–H and O–H groups in total. The molecule has 162 valence electrons. The lowest BCUT2D eigenvalue weighted by Gasteiger charge is -2.32. The quantitative estimate of drug-likeness (QED) is 0.333. The molecule has 4 nitrogen and oxygen atoms in total. The van der Waals surface area contributed by atoms with Crippen LogP contribution in [0.1, 0.15) is 12.0 Å². The Hall–Kier alpha value is -2.75. The third kappa shape index (κ3) is 3.50. The number of halogens is 4. The molecule has 0 bridgehead atoms. The molecule has 5 rings (SSSR count). The number of nitrogens with zero attached hydrogens (tertiary/aromatic N) is 3. The summed E-state index contributed by atoms with van der Waals surface area (Å²) in [5.74, 6) is 0. The Morgan fingerprint density at radius 3 is 2.47 bits per heavy atom. The van der Waals surface area contributed by atoms with Crippen molar-refractivity contribution in [3.05, 3.63) is 82.1 Å². The van der Waals surface area contributed by atoms with E-state index in [4.69, 9.17) is 0 Å². The van der Waals surface area contributed by atoms with Gasteiger partial charge in [-0.1, -0.05) is 70.5 Å². The third-order valence-electron chi connectivity index (χ3n) is 5.35. The highest BCUT2D eigenvalue weighted by Gasteiger charge is 2.62. The van der Waals surface area contributed by atoms with E-state index in [1.165, 1.54) is 0 Å². The second-order valence-corrected chi connectivity index (χ2v) is 9.15. The molecule has 0 radical (unpaired) electrons. The van der Waals surface area contributed by atoms with Crippen molar-refractivity contribution in [2.24, 2.45) is 5.10 Å². The van der Waals surface area contributed by atoms with Gasteiger partial charge in [0.15, 0.2) is 0 Å². The number of thiazole rings is 1. The van der Waals surface area contributed by atoms with Gasteiger partial charge in [-0.3, -0.25) is 0 Å². The van der Waals surface area contributed by atoms with Crippen LogP contribution in [0.5, 0.6) is 0 Å². The zero-order valence-corrected chi connectivity index (χ0v) is 18.7. The smallest absolute Gasteiger partial charge is 0.362 e. The minimum atomic E-state index is -4.94. The predicted molar refractivity (Wildman–Crippen MR) is 124 cm³/mol. The number of hydrazone groups is 1. The van der Waals surface area contributed by atoms with Crippen LogP contribution in [0, 0.1) is 0 Å². The molecule has 0 aliphatic carbocycles. The summed E-state index contributed by atoms with van der Waals surface area (Å²) in [5.41, 5.74) is -1.21. The maximum atomic E-state index is 14.1. The van der Waals surface area contributed by atoms with Crippen LogP contribution in [0.25, 0.3) is 22.0 Å². The van der Waals surface area contributed by atoms with E-state index in [9.17, 15) is 18.3 Å². The summed E-state index contributed by atoms with van der Waals surface area (Å²) in [5, 5.41) is 18.9. The zero-order chi connectivity index (χ0) is 22.5. The number of aliphatic hydroxyl groups is 1. The minimum Gasteiger partial charge on any atom is -0.362 e. The summed E-state index contributed by atoms with van der Waals surface area (Å²) in [6.07, 6.45) is -5.63. The Labute approximate surface area is 193 Å². The predicted octanol–water partition coefficient (Wildman–Crippen LogP) is 6.59. The second-order valence-electron chi connectivity index (χ2n) is 7.40. The Morgan fingerprint density at radius 2 is 1.72 bits per heavy atom. The van der Waals surface area contributed by atoms with Crippen molar-refractivity contribution in [1.29, 1.82) is 0 Å². The van der Waals surface area contributed by atoms with E-state index in [0.29, 0.717) is 16.3 Å². The molecule has 1 aliphatic rings. The maximum absolute atomic E-state index is 14.1. The number of hydrogen-bond acceptors (Lipinski definition) is 5. The van der Waals surface area contributed by atoms with Crippen LogP contribution >= 0.6 is 27.3 Å². The fourth-order valence-corrected chi connectivity index (χ4v) is 4.82. The van der Waals surface area contributed by atoms with Crippen LogP contribution in [0.2, 0.25) is 0 Å². The molecule has 9 heteroatoms. The van der Waals surface area contributed by atoms with E-state index in [1.54, 1.807) is 17.5 Å². The number of aromatic nitrogens is 1. The van der Waals surface area contributed by atoms with Gasteiger partial charge in [0, 0.05) is 21.0 Å². The van der Waals surface area contributed by atoms with Gasteiger partial charge in [-0.25, -0.2) is 4.98 Å². The normalized spacial score (nSPS) is 18.9. The standard InChI is InChI=1S/C23H15BrF3N3OS/c24-16-10-8-15(9-11-16)20-13-32-21(28-20)30-22(31,23(25,26)27)12-19(29-30)18-7-3-5-14-4-1-2-6-17(14)18/h1-11,13,31H,12H2. The van der Waals surface area contributed by atoms with Gasteiger partial charge in [-0.2, -0.15) is 23.3 Å². The van der Waals surface area contributed by atoms with Crippen LogP contribution in [0.15, 0.2) is 81.7 Å². The molecule has 1 unspecified atom stereocenters. The summed E-state index contributed by atoms with van der Waals surface area (Å²) >= 11 is 4.36. The van der Waals surface area contributed by atoms with Gasteiger partial charge in [-0.15, -0.1) is 11.3 Å². The van der Waals surface area contributed by atoms with Crippen molar-refractivity contribution in [1.82, 2.24) is 4.98 Å². The summed E-state index contributed by atoms with van der Waals surface area (Å²) < 4.78 is 43.1. The SMILES string of the molecule is OC1(C(F)(F)F)CC(c2cccc3ccccc23)=NN1c1nc(-c2ccc(Br)cc2)cs1. The van der Waals surface area contributed by atoms with Crippen LogP contribution in [-0.2, 0) is 0 Å². The first-order chi connectivity index (χ1) is 15.3. The molecule has 0 fully saturated rings. The largest absolute Gasteiger partial charge is 0.438 e. The highest BCUT2D eigenvalue weighted by atomic mass is 79.9. The van der Waals surface area contributed by atoms with Crippen LogP contribution in [0.4, 0.5) is 18.3 Å². The number of fused-ring (bicyclic) bond motifs is 1. The average molecular weight is 518 g/mol. The molecule has 1 aliphatic heterocycles. The Balaban J connectivity index is 1.60. The summed E-state index contributed by atoms with van der Waals surface area (Å²) in [4.78, 5) is 4.35. The fourth-order valence-electron chi connectivity index (χ4n) is 3.71. The van der Waals surface area contributed by atoms with E-state index < -0.39 is 18.3 Å². The van der Waals surface area contributed by atoms with Gasteiger partial charge < -0.3 is 5.11 Å². The first kappa shape index (κ1) is 21.1. The highest BCUT2D eigenvalue weighted by molar-refractivity contribution is 9.10. The van der Waals surface area contributed by atoms with E-state index in [0.717, 1.165) is 32.1 Å². The van der Waals surface area contributed by atoms with Gasteiger partial charge in [0.25, 0.3) is 5.72 Å². The Morgan fingerprint density at radius 1 is 1.00 bits per heavy atom. The van der Waals surface area contributed by atoms with Crippen molar-refractivity contribution >= 4 is 48.9 Å². The lowest BCUT2D eigenvalue weighted by molar-refractivity contribution is -0.254. The monoisotopic (exact) mass is 517 g/mol. The number of rotatable bonds is 3. The first-order valence-electron chi connectivity index (χ1n) is 9.63. The van der Waals surface area contributed by atoms with Gasteiger partial charge in [0.1, 0.15) is 0 Å². The van der Waals surface area contributed by atoms with Crippen molar-refractivity contribution in [2.45, 2.75) is 18.3 Å². The number of hydrogen-bond donors (Lipinski definition) is 1. The summed E-state index contributed by atoms with van der Waals surface area (Å²) in [6.45, 7) is 0. The summed E-state index contributed by atoms with van der Waals surface area (Å²) in [6, 6.07) is 20.0. The number of alkyl halides is 3. The zero-order valence-electron chi connectivity index (χ0n) is 16.3. The molecule has 0 spiro atoms. The van der Waals surface area contributed by atoms with E-state index in [1.807, 2.05) is 54.6 Å². The van der Waals surface area contributed by atoms with Crippen LogP contribution in [0.3, 0.4) is 0 Å². The van der Waals surface area contributed by atoms with E-state index in [-0.39, 0.29) is 10.8 Å². The minimum absolute atomic E-state index is 0.0296. The van der Waals surface area contributed by atoms with E-state index in [2.05, 4.69) is 26.0 Å². The maximum Gasteiger partial charge on any atom is 0.438 e. The molecule has 0 saturated carbocycles. The first-order valence-corrected chi connectivity index (χ1v) is 11.3. The summed E-state index contributed by atoms with van der Waals surface area (Å²) in [7, 11) is 0. The lowest BCUT2D eigenvalue weighted by Crippen LogP contribution is -2.55. The third-order valence-corrected chi connectivity index (χ3v) is 6.70. The van der Waals surface area contributed by atoms with Crippen LogP contribution in [-0.4, -0.2) is 27.7 Å². The van der Waals surface area contributed by atoms with E-state index >= 15 is 0 Å². The van der Waals surface area contributed by atoms with Crippen molar-refractivity contribution < 1.29 is 18.3 Å². The molecule has 1 aromatic heterocycles. The molecule has 2 heterocycles. The van der Waals surface area contributed by atoms with Gasteiger partial charge in [0.05, 0.1) is 17.8 Å². The topological polar surface area (TPSA) is 48.7 Å². The van der Waals surface area contributed by atoms with Gasteiger partial charge in [-0.05, 0) is 22.9 Å². The number of anilines is 1. The van der Waals surface area contributed by atoms with Crippen molar-refractivity contribution in [3.63, 3.8) is 0 Å². The Bertz CT molecular complexity index is 1330. The highest BCUT2D eigenvalue weighted by Crippen LogP contribution is 2.45. The second kappa shape index (κ2) is 7.68. The van der Waals surface area contributed by atoms with Crippen molar-refractivity contribution in [3.8, 4) is 11.3 Å². The molecular formula is C23H15BrF3N3OS. The lowest BCUT2D eigenvalue weighted by atomic mass is 9.96. The molecule has 32 heavy (non-hydrogen) atoms. The fraction of sp³-hybridized carbons (Fsp3) is 0.130. The van der Waals surface area contributed by atoms with Crippen molar-refractivity contribution in [2.75, 3.05) is 5.01 Å². The molecular weight excluding hydrogens is 503 g/mol.